The zero-order valence-electron chi connectivity index (χ0n) is 16.2. The maximum Gasteiger partial charge on any atom is 0.344 e. The molecule has 1 fully saturated rings. The molecule has 0 saturated carbocycles. The molecule has 1 saturated heterocycles. The Hall–Kier alpha value is -3.72. The van der Waals surface area contributed by atoms with Crippen molar-refractivity contribution in [1.29, 1.82) is 0 Å². The number of nitrogens with one attached hydrogen (secondary N) is 2. The first-order valence-electron chi connectivity index (χ1n) is 9.30. The number of hydrazine groups is 1. The summed E-state index contributed by atoms with van der Waals surface area (Å²) in [6, 6.07) is 16.0. The zero-order valence-corrected chi connectivity index (χ0v) is 16.2. The van der Waals surface area contributed by atoms with Gasteiger partial charge in [0.05, 0.1) is 0 Å². The monoisotopic (exact) mass is 411 g/mol. The van der Waals surface area contributed by atoms with Gasteiger partial charge in [0.25, 0.3) is 11.8 Å². The van der Waals surface area contributed by atoms with Crippen LogP contribution < -0.4 is 10.7 Å². The minimum atomic E-state index is -1.55. The van der Waals surface area contributed by atoms with Crippen LogP contribution in [0, 0.1) is 0 Å². The number of aliphatic hydroxyl groups is 1. The van der Waals surface area contributed by atoms with Crippen molar-refractivity contribution in [3.63, 3.8) is 0 Å². The predicted octanol–water partition coefficient (Wildman–Crippen LogP) is 1.15. The molecule has 2 atom stereocenters. The third-order valence-corrected chi connectivity index (χ3v) is 4.81. The van der Waals surface area contributed by atoms with Gasteiger partial charge >= 0.3 is 12.0 Å². The van der Waals surface area contributed by atoms with E-state index in [1.54, 1.807) is 55.5 Å². The second-order valence-electron chi connectivity index (χ2n) is 6.65. The molecule has 30 heavy (non-hydrogen) atoms. The molecule has 2 aromatic carbocycles. The highest BCUT2D eigenvalue weighted by Gasteiger charge is 2.52. The Morgan fingerprint density at radius 1 is 1.10 bits per heavy atom. The van der Waals surface area contributed by atoms with Crippen LogP contribution in [-0.4, -0.2) is 40.5 Å². The number of benzene rings is 2. The average molecular weight is 411 g/mol. The molecule has 1 aliphatic heterocycles. The van der Waals surface area contributed by atoms with Gasteiger partial charge in [-0.1, -0.05) is 67.6 Å². The number of hydrogen-bond acceptors (Lipinski definition) is 6. The zero-order chi connectivity index (χ0) is 21.7. The maximum atomic E-state index is 12.9. The SMILES string of the molecule is CC[C@]1(c2ccccc2)NC(=O)N(NC(=O)COC(=O)[C@@H](O)c2ccccc2)C1=O. The van der Waals surface area contributed by atoms with E-state index in [0.29, 0.717) is 16.1 Å². The molecule has 4 amide bonds. The van der Waals surface area contributed by atoms with Crippen molar-refractivity contribution in [2.24, 2.45) is 0 Å². The number of carbonyl (C=O) groups excluding carboxylic acids is 4. The summed E-state index contributed by atoms with van der Waals surface area (Å²) < 4.78 is 4.79. The average Bonchev–Trinajstić information content (AvgIpc) is 3.03. The van der Waals surface area contributed by atoms with Crippen molar-refractivity contribution < 1.29 is 29.0 Å². The first-order chi connectivity index (χ1) is 14.4. The van der Waals surface area contributed by atoms with Gasteiger partial charge in [-0.15, -0.1) is 0 Å². The molecule has 156 valence electrons. The smallest absolute Gasteiger partial charge is 0.344 e. The number of urea groups is 1. The lowest BCUT2D eigenvalue weighted by Gasteiger charge is -2.25. The quantitative estimate of drug-likeness (QED) is 0.464. The van der Waals surface area contributed by atoms with Gasteiger partial charge in [0.1, 0.15) is 5.54 Å². The summed E-state index contributed by atoms with van der Waals surface area (Å²) in [6.07, 6.45) is -1.28. The number of hydrogen-bond donors (Lipinski definition) is 3. The fraction of sp³-hybridized carbons (Fsp3) is 0.238. The summed E-state index contributed by atoms with van der Waals surface area (Å²) >= 11 is 0. The molecule has 9 nitrogen and oxygen atoms in total. The van der Waals surface area contributed by atoms with Crippen LogP contribution >= 0.6 is 0 Å². The van der Waals surface area contributed by atoms with E-state index in [9.17, 15) is 24.3 Å². The molecule has 0 unspecified atom stereocenters. The molecule has 3 N–H and O–H groups in total. The van der Waals surface area contributed by atoms with Gasteiger partial charge in [0.2, 0.25) is 0 Å². The molecule has 2 aromatic rings. The highest BCUT2D eigenvalue weighted by molar-refractivity contribution is 6.08. The Morgan fingerprint density at radius 2 is 1.70 bits per heavy atom. The highest BCUT2D eigenvalue weighted by Crippen LogP contribution is 2.31. The fourth-order valence-corrected chi connectivity index (χ4v) is 3.18. The van der Waals surface area contributed by atoms with E-state index < -0.39 is 42.1 Å². The minimum Gasteiger partial charge on any atom is -0.453 e. The lowest BCUT2D eigenvalue weighted by molar-refractivity contribution is -0.158. The van der Waals surface area contributed by atoms with E-state index in [1.807, 2.05) is 0 Å². The molecule has 3 rings (SSSR count). The van der Waals surface area contributed by atoms with Crippen molar-refractivity contribution >= 4 is 23.8 Å². The lowest BCUT2D eigenvalue weighted by atomic mass is 9.87. The van der Waals surface area contributed by atoms with Gasteiger partial charge in [0, 0.05) is 0 Å². The Morgan fingerprint density at radius 3 is 2.30 bits per heavy atom. The van der Waals surface area contributed by atoms with Crippen LogP contribution in [0.3, 0.4) is 0 Å². The van der Waals surface area contributed by atoms with Crippen LogP contribution in [0.1, 0.15) is 30.6 Å². The highest BCUT2D eigenvalue weighted by atomic mass is 16.5. The van der Waals surface area contributed by atoms with Gasteiger partial charge in [-0.3, -0.25) is 15.0 Å². The number of rotatable bonds is 7. The van der Waals surface area contributed by atoms with Crippen LogP contribution in [0.25, 0.3) is 0 Å². The summed E-state index contributed by atoms with van der Waals surface area (Å²) in [7, 11) is 0. The van der Waals surface area contributed by atoms with E-state index >= 15 is 0 Å². The Labute approximate surface area is 172 Å². The number of ether oxygens (including phenoxy) is 1. The van der Waals surface area contributed by atoms with Crippen LogP contribution in [0.15, 0.2) is 60.7 Å². The normalized spacial score (nSPS) is 19.2. The third kappa shape index (κ3) is 4.01. The van der Waals surface area contributed by atoms with Crippen molar-refractivity contribution in [3.8, 4) is 0 Å². The van der Waals surface area contributed by atoms with E-state index in [1.165, 1.54) is 12.1 Å². The second kappa shape index (κ2) is 8.75. The topological polar surface area (TPSA) is 125 Å². The van der Waals surface area contributed by atoms with E-state index in [2.05, 4.69) is 10.7 Å². The van der Waals surface area contributed by atoms with E-state index in [-0.39, 0.29) is 6.42 Å². The van der Waals surface area contributed by atoms with Gasteiger partial charge in [-0.2, -0.15) is 5.01 Å². The largest absolute Gasteiger partial charge is 0.453 e. The van der Waals surface area contributed by atoms with Crippen LogP contribution in [0.4, 0.5) is 4.79 Å². The number of imide groups is 1. The molecule has 0 spiro atoms. The molecule has 0 aromatic heterocycles. The van der Waals surface area contributed by atoms with E-state index in [4.69, 9.17) is 4.74 Å². The Balaban J connectivity index is 1.62. The minimum absolute atomic E-state index is 0.270. The maximum absolute atomic E-state index is 12.9. The molecule has 9 heteroatoms. The lowest BCUT2D eigenvalue weighted by Crippen LogP contribution is -2.49. The predicted molar refractivity (Wildman–Crippen MR) is 104 cm³/mol. The van der Waals surface area contributed by atoms with Gasteiger partial charge in [-0.25, -0.2) is 9.59 Å². The molecule has 1 aliphatic rings. The van der Waals surface area contributed by atoms with Crippen LogP contribution in [0.5, 0.6) is 0 Å². The number of amides is 4. The molecule has 1 heterocycles. The van der Waals surface area contributed by atoms with Crippen molar-refractivity contribution in [2.75, 3.05) is 6.61 Å². The van der Waals surface area contributed by atoms with E-state index in [0.717, 1.165) is 0 Å². The molecule has 0 aliphatic carbocycles. The molecular weight excluding hydrogens is 390 g/mol. The summed E-state index contributed by atoms with van der Waals surface area (Å²) in [4.78, 5) is 49.3. The van der Waals surface area contributed by atoms with Gasteiger partial charge < -0.3 is 15.2 Å². The van der Waals surface area contributed by atoms with Crippen LogP contribution in [0.2, 0.25) is 0 Å². The van der Waals surface area contributed by atoms with Gasteiger partial charge in [-0.05, 0) is 17.5 Å². The fourth-order valence-electron chi connectivity index (χ4n) is 3.18. The number of carbonyl (C=O) groups is 4. The van der Waals surface area contributed by atoms with Crippen molar-refractivity contribution in [3.05, 3.63) is 71.8 Å². The summed E-state index contributed by atoms with van der Waals surface area (Å²) in [5.74, 6) is -2.57. The summed E-state index contributed by atoms with van der Waals surface area (Å²) in [5, 5.41) is 13.1. The number of nitrogens with zero attached hydrogens (tertiary/aromatic N) is 1. The Bertz CT molecular complexity index is 950. The van der Waals surface area contributed by atoms with Crippen molar-refractivity contribution in [2.45, 2.75) is 25.0 Å². The molecule has 0 bridgehead atoms. The first-order valence-corrected chi connectivity index (χ1v) is 9.30. The summed E-state index contributed by atoms with van der Waals surface area (Å²) in [5.41, 5.74) is 1.74. The van der Waals surface area contributed by atoms with Crippen LogP contribution in [-0.2, 0) is 24.7 Å². The summed E-state index contributed by atoms with van der Waals surface area (Å²) in [6.45, 7) is 0.966. The Kier molecular flexibility index (Phi) is 6.12. The standard InChI is InChI=1S/C21H21N3O6/c1-2-21(15-11-7-4-8-12-15)19(28)24(20(29)22-21)23-16(25)13-30-18(27)17(26)14-9-5-3-6-10-14/h3-12,17,26H,2,13H2,1H3,(H,22,29)(H,23,25)/t17-,21+/m0/s1. The van der Waals surface area contributed by atoms with Crippen molar-refractivity contribution in [1.82, 2.24) is 15.8 Å². The molecule has 0 radical (unpaired) electrons. The second-order valence-corrected chi connectivity index (χ2v) is 6.65. The number of aliphatic hydroxyl groups excluding tert-OH is 1. The third-order valence-electron chi connectivity index (χ3n) is 4.81. The van der Waals surface area contributed by atoms with Gasteiger partial charge in [0.15, 0.2) is 12.7 Å². The first kappa shape index (κ1) is 21.0. The molecular formula is C21H21N3O6. The number of esters is 1.